The monoisotopic (exact) mass is 401 g/mol. The number of halogens is 1. The average molecular weight is 402 g/mol. The molecular formula is C18H12ClN3O6. The maximum absolute atomic E-state index is 12.7. The molecule has 0 bridgehead atoms. The fraction of sp³-hybridized carbons (Fsp3) is 0.0556. The molecule has 0 aromatic heterocycles. The van der Waals surface area contributed by atoms with Gasteiger partial charge >= 0.3 is 5.97 Å². The third kappa shape index (κ3) is 3.42. The number of hydrogen-bond acceptors (Lipinski definition) is 7. The molecule has 0 saturated carbocycles. The van der Waals surface area contributed by atoms with E-state index in [0.29, 0.717) is 11.3 Å². The van der Waals surface area contributed by atoms with Crippen molar-refractivity contribution in [2.75, 3.05) is 17.3 Å². The Bertz CT molecular complexity index is 1030. The smallest absolute Gasteiger partial charge is 0.337 e. The van der Waals surface area contributed by atoms with Crippen LogP contribution >= 0.6 is 11.6 Å². The van der Waals surface area contributed by atoms with E-state index < -0.39 is 22.7 Å². The van der Waals surface area contributed by atoms with Crippen molar-refractivity contribution in [1.82, 2.24) is 0 Å². The zero-order valence-corrected chi connectivity index (χ0v) is 15.1. The van der Waals surface area contributed by atoms with E-state index in [2.05, 4.69) is 10.1 Å². The van der Waals surface area contributed by atoms with Crippen molar-refractivity contribution in [3.63, 3.8) is 0 Å². The van der Waals surface area contributed by atoms with Gasteiger partial charge in [0.15, 0.2) is 0 Å². The molecule has 2 amide bonds. The molecule has 1 aliphatic rings. The topological polar surface area (TPSA) is 119 Å². The van der Waals surface area contributed by atoms with Gasteiger partial charge in [0.25, 0.3) is 17.5 Å². The van der Waals surface area contributed by atoms with Gasteiger partial charge in [-0.25, -0.2) is 9.69 Å². The number of nitrogens with zero attached hydrogens (tertiary/aromatic N) is 2. The molecular weight excluding hydrogens is 390 g/mol. The molecule has 3 rings (SSSR count). The van der Waals surface area contributed by atoms with Gasteiger partial charge in [0.2, 0.25) is 0 Å². The summed E-state index contributed by atoms with van der Waals surface area (Å²) in [7, 11) is 1.25. The van der Waals surface area contributed by atoms with Crippen molar-refractivity contribution in [3.8, 4) is 0 Å². The SMILES string of the molecule is COC(=O)c1ccc(NC2=C(Cl)C(=O)N(c3cccc([N+](=O)[O-])c3)C2=O)cc1. The molecule has 9 nitrogen and oxygen atoms in total. The lowest BCUT2D eigenvalue weighted by Crippen LogP contribution is -2.32. The number of nitrogens with one attached hydrogen (secondary N) is 1. The van der Waals surface area contributed by atoms with Gasteiger partial charge in [-0.05, 0) is 30.3 Å². The van der Waals surface area contributed by atoms with Crippen LogP contribution in [0, 0.1) is 10.1 Å². The van der Waals surface area contributed by atoms with Gasteiger partial charge in [0, 0.05) is 17.8 Å². The van der Waals surface area contributed by atoms with Crippen LogP contribution in [0.5, 0.6) is 0 Å². The van der Waals surface area contributed by atoms with Gasteiger partial charge < -0.3 is 10.1 Å². The standard InChI is InChI=1S/C18H12ClN3O6/c1-28-18(25)10-5-7-11(8-6-10)20-15-14(19)16(23)21(17(15)24)12-3-2-4-13(9-12)22(26)27/h2-9,20H,1H3. The predicted octanol–water partition coefficient (Wildman–Crippen LogP) is 2.82. The molecule has 28 heavy (non-hydrogen) atoms. The van der Waals surface area contributed by atoms with E-state index in [9.17, 15) is 24.5 Å². The zero-order chi connectivity index (χ0) is 20.4. The molecule has 0 fully saturated rings. The average Bonchev–Trinajstić information content (AvgIpc) is 2.91. The molecule has 0 unspecified atom stereocenters. The molecule has 142 valence electrons. The lowest BCUT2D eigenvalue weighted by molar-refractivity contribution is -0.384. The highest BCUT2D eigenvalue weighted by atomic mass is 35.5. The molecule has 1 N–H and O–H groups in total. The van der Waals surface area contributed by atoms with Gasteiger partial charge in [-0.3, -0.25) is 19.7 Å². The van der Waals surface area contributed by atoms with Crippen molar-refractivity contribution in [2.45, 2.75) is 0 Å². The van der Waals surface area contributed by atoms with E-state index in [-0.39, 0.29) is 22.1 Å². The van der Waals surface area contributed by atoms with Crippen LogP contribution in [0.1, 0.15) is 10.4 Å². The number of non-ortho nitro benzene ring substituents is 1. The Morgan fingerprint density at radius 2 is 1.82 bits per heavy atom. The highest BCUT2D eigenvalue weighted by Gasteiger charge is 2.39. The van der Waals surface area contributed by atoms with E-state index in [4.69, 9.17) is 11.6 Å². The maximum Gasteiger partial charge on any atom is 0.337 e. The highest BCUT2D eigenvalue weighted by Crippen LogP contribution is 2.31. The number of hydrogen-bond donors (Lipinski definition) is 1. The summed E-state index contributed by atoms with van der Waals surface area (Å²) in [4.78, 5) is 47.6. The van der Waals surface area contributed by atoms with Crippen molar-refractivity contribution in [2.24, 2.45) is 0 Å². The van der Waals surface area contributed by atoms with Crippen LogP contribution in [-0.2, 0) is 14.3 Å². The molecule has 0 atom stereocenters. The summed E-state index contributed by atoms with van der Waals surface area (Å²) in [5.41, 5.74) is 0.293. The number of nitro groups is 1. The molecule has 10 heteroatoms. The third-order valence-electron chi connectivity index (χ3n) is 3.90. The summed E-state index contributed by atoms with van der Waals surface area (Å²) < 4.78 is 4.60. The van der Waals surface area contributed by atoms with Gasteiger partial charge in [-0.15, -0.1) is 0 Å². The Labute approximate surface area is 163 Å². The number of benzene rings is 2. The summed E-state index contributed by atoms with van der Waals surface area (Å²) in [6.45, 7) is 0. The fourth-order valence-corrected chi connectivity index (χ4v) is 2.76. The van der Waals surface area contributed by atoms with Crippen LogP contribution in [0.15, 0.2) is 59.3 Å². The Balaban J connectivity index is 1.86. The van der Waals surface area contributed by atoms with E-state index >= 15 is 0 Å². The number of nitro benzene ring substituents is 1. The number of carbonyl (C=O) groups excluding carboxylic acids is 3. The Morgan fingerprint density at radius 1 is 1.14 bits per heavy atom. The molecule has 1 aliphatic heterocycles. The number of imide groups is 1. The number of amides is 2. The molecule has 0 aliphatic carbocycles. The summed E-state index contributed by atoms with van der Waals surface area (Å²) in [6, 6.07) is 11.1. The minimum atomic E-state index is -0.805. The van der Waals surface area contributed by atoms with Crippen molar-refractivity contribution in [3.05, 3.63) is 74.9 Å². The Hall–Kier alpha value is -3.72. The molecule has 2 aromatic rings. The minimum absolute atomic E-state index is 0.0280. The second kappa shape index (κ2) is 7.49. The van der Waals surface area contributed by atoms with Crippen LogP contribution < -0.4 is 10.2 Å². The first-order valence-corrected chi connectivity index (χ1v) is 8.19. The molecule has 2 aromatic carbocycles. The number of esters is 1. The lowest BCUT2D eigenvalue weighted by atomic mass is 10.2. The second-order valence-corrected chi connectivity index (χ2v) is 5.98. The summed E-state index contributed by atoms with van der Waals surface area (Å²) >= 11 is 6.02. The number of rotatable bonds is 5. The summed E-state index contributed by atoms with van der Waals surface area (Å²) in [5, 5.41) is 13.3. The second-order valence-electron chi connectivity index (χ2n) is 5.61. The maximum atomic E-state index is 12.7. The van der Waals surface area contributed by atoms with E-state index in [1.165, 1.54) is 49.6 Å². The normalized spacial score (nSPS) is 13.7. The lowest BCUT2D eigenvalue weighted by Gasteiger charge is -2.15. The Kier molecular flexibility index (Phi) is 5.10. The van der Waals surface area contributed by atoms with Crippen LogP contribution in [0.4, 0.5) is 17.1 Å². The quantitative estimate of drug-likeness (QED) is 0.354. The van der Waals surface area contributed by atoms with Gasteiger partial charge in [0.1, 0.15) is 10.7 Å². The van der Waals surface area contributed by atoms with Crippen molar-refractivity contribution in [1.29, 1.82) is 0 Å². The van der Waals surface area contributed by atoms with Crippen LogP contribution in [0.3, 0.4) is 0 Å². The first-order valence-electron chi connectivity index (χ1n) is 7.82. The first kappa shape index (κ1) is 19.1. The molecule has 0 spiro atoms. The number of carbonyl (C=O) groups is 3. The minimum Gasteiger partial charge on any atom is -0.465 e. The van der Waals surface area contributed by atoms with Crippen molar-refractivity contribution >= 4 is 46.4 Å². The largest absolute Gasteiger partial charge is 0.465 e. The number of methoxy groups -OCH3 is 1. The van der Waals surface area contributed by atoms with Gasteiger partial charge in [0.05, 0.1) is 23.3 Å². The van der Waals surface area contributed by atoms with Gasteiger partial charge in [-0.2, -0.15) is 0 Å². The van der Waals surface area contributed by atoms with Crippen LogP contribution in [0.2, 0.25) is 0 Å². The highest BCUT2D eigenvalue weighted by molar-refractivity contribution is 6.53. The van der Waals surface area contributed by atoms with Crippen LogP contribution in [0.25, 0.3) is 0 Å². The summed E-state index contributed by atoms with van der Waals surface area (Å²) in [6.07, 6.45) is 0. The predicted molar refractivity (Wildman–Crippen MR) is 99.9 cm³/mol. The van der Waals surface area contributed by atoms with E-state index in [1.54, 1.807) is 0 Å². The number of ether oxygens (including phenoxy) is 1. The zero-order valence-electron chi connectivity index (χ0n) is 14.3. The third-order valence-corrected chi connectivity index (χ3v) is 4.25. The Morgan fingerprint density at radius 3 is 2.43 bits per heavy atom. The molecule has 0 saturated heterocycles. The van der Waals surface area contributed by atoms with E-state index in [1.807, 2.05) is 0 Å². The molecule has 1 heterocycles. The van der Waals surface area contributed by atoms with Crippen LogP contribution in [-0.4, -0.2) is 29.8 Å². The van der Waals surface area contributed by atoms with E-state index in [0.717, 1.165) is 11.0 Å². The number of anilines is 2. The molecule has 0 radical (unpaired) electrons. The fourth-order valence-electron chi connectivity index (χ4n) is 2.54. The van der Waals surface area contributed by atoms with Gasteiger partial charge in [-0.1, -0.05) is 17.7 Å². The summed E-state index contributed by atoms with van der Waals surface area (Å²) in [5.74, 6) is -2.08. The first-order chi connectivity index (χ1) is 13.3. The van der Waals surface area contributed by atoms with Crippen molar-refractivity contribution < 1.29 is 24.0 Å².